The number of aromatic hydroxyl groups is 2. The maximum Gasteiger partial charge on any atom is 0.122 e. The molecule has 0 aliphatic carbocycles. The molecule has 0 fully saturated rings. The van der Waals surface area contributed by atoms with Crippen molar-refractivity contribution < 1.29 is 15.3 Å². The van der Waals surface area contributed by atoms with Crippen LogP contribution >= 0.6 is 0 Å². The lowest BCUT2D eigenvalue weighted by Crippen LogP contribution is -2.07. The summed E-state index contributed by atoms with van der Waals surface area (Å²) in [4.78, 5) is 0. The Morgan fingerprint density at radius 1 is 1.12 bits per heavy atom. The van der Waals surface area contributed by atoms with Crippen LogP contribution in [0.1, 0.15) is 18.1 Å². The first-order valence-electron chi connectivity index (χ1n) is 5.46. The fraction of sp³-hybridized carbons (Fsp3) is 0.231. The van der Waals surface area contributed by atoms with E-state index in [4.69, 9.17) is 5.73 Å². The molecular weight excluding hydrogens is 218 g/mol. The lowest BCUT2D eigenvalue weighted by Gasteiger charge is -2.14. The highest BCUT2D eigenvalue weighted by molar-refractivity contribution is 5.89. The van der Waals surface area contributed by atoms with Crippen LogP contribution in [-0.4, -0.2) is 21.9 Å². The standard InChI is InChI=1S/C13H15NO3/c14-6-5-12(17)13-10-7-9(15)3-1-8(10)2-4-11(13)16/h1-4,7,12,15-17H,5-6,14H2. The summed E-state index contributed by atoms with van der Waals surface area (Å²) in [5.41, 5.74) is 5.82. The maximum absolute atomic E-state index is 9.97. The van der Waals surface area contributed by atoms with Crippen LogP contribution in [0, 0.1) is 0 Å². The van der Waals surface area contributed by atoms with Gasteiger partial charge in [0, 0.05) is 5.56 Å². The summed E-state index contributed by atoms with van der Waals surface area (Å²) in [6.45, 7) is 0.329. The molecule has 0 saturated carbocycles. The Morgan fingerprint density at radius 2 is 1.82 bits per heavy atom. The van der Waals surface area contributed by atoms with E-state index in [1.165, 1.54) is 12.1 Å². The van der Waals surface area contributed by atoms with E-state index < -0.39 is 6.10 Å². The number of aliphatic hydroxyl groups is 1. The molecule has 17 heavy (non-hydrogen) atoms. The summed E-state index contributed by atoms with van der Waals surface area (Å²) in [5.74, 6) is 0.119. The molecular formula is C13H15NO3. The van der Waals surface area contributed by atoms with Crippen LogP contribution in [0.3, 0.4) is 0 Å². The van der Waals surface area contributed by atoms with Gasteiger partial charge in [0.15, 0.2) is 0 Å². The van der Waals surface area contributed by atoms with E-state index in [0.717, 1.165) is 5.39 Å². The molecule has 0 amide bonds. The van der Waals surface area contributed by atoms with Crippen molar-refractivity contribution in [3.8, 4) is 11.5 Å². The van der Waals surface area contributed by atoms with Crippen molar-refractivity contribution in [2.24, 2.45) is 5.73 Å². The molecule has 4 heteroatoms. The molecule has 2 aromatic rings. The van der Waals surface area contributed by atoms with Crippen molar-refractivity contribution in [3.05, 3.63) is 35.9 Å². The quantitative estimate of drug-likeness (QED) is 0.649. The van der Waals surface area contributed by atoms with Crippen molar-refractivity contribution in [1.82, 2.24) is 0 Å². The van der Waals surface area contributed by atoms with Crippen molar-refractivity contribution in [3.63, 3.8) is 0 Å². The van der Waals surface area contributed by atoms with Crippen molar-refractivity contribution in [2.45, 2.75) is 12.5 Å². The molecule has 2 rings (SSSR count). The lowest BCUT2D eigenvalue weighted by atomic mass is 9.97. The van der Waals surface area contributed by atoms with Gasteiger partial charge < -0.3 is 21.1 Å². The predicted octanol–water partition coefficient (Wildman–Crippen LogP) is 1.63. The largest absolute Gasteiger partial charge is 0.508 e. The summed E-state index contributed by atoms with van der Waals surface area (Å²) in [7, 11) is 0. The minimum atomic E-state index is -0.828. The number of phenolic OH excluding ortho intramolecular Hbond substituents is 2. The second-order valence-electron chi connectivity index (χ2n) is 4.00. The zero-order chi connectivity index (χ0) is 12.4. The van der Waals surface area contributed by atoms with Gasteiger partial charge in [0.2, 0.25) is 0 Å². The molecule has 1 atom stereocenters. The molecule has 0 aliphatic heterocycles. The van der Waals surface area contributed by atoms with Gasteiger partial charge in [-0.3, -0.25) is 0 Å². The molecule has 2 aromatic carbocycles. The monoisotopic (exact) mass is 233 g/mol. The molecule has 0 radical (unpaired) electrons. The molecule has 90 valence electrons. The number of nitrogens with two attached hydrogens (primary N) is 1. The molecule has 0 heterocycles. The lowest BCUT2D eigenvalue weighted by molar-refractivity contribution is 0.168. The van der Waals surface area contributed by atoms with E-state index >= 15 is 0 Å². The second-order valence-corrected chi connectivity index (χ2v) is 4.00. The highest BCUT2D eigenvalue weighted by Gasteiger charge is 2.15. The zero-order valence-electron chi connectivity index (χ0n) is 9.30. The first-order chi connectivity index (χ1) is 8.13. The third-order valence-corrected chi connectivity index (χ3v) is 2.80. The van der Waals surface area contributed by atoms with Gasteiger partial charge >= 0.3 is 0 Å². The summed E-state index contributed by atoms with van der Waals surface area (Å²) in [6, 6.07) is 8.11. The van der Waals surface area contributed by atoms with Gasteiger partial charge in [-0.05, 0) is 41.9 Å². The van der Waals surface area contributed by atoms with Gasteiger partial charge in [-0.15, -0.1) is 0 Å². The maximum atomic E-state index is 9.97. The minimum absolute atomic E-state index is 0.0176. The Bertz CT molecular complexity index is 534. The Hall–Kier alpha value is -1.78. The number of aliphatic hydroxyl groups excluding tert-OH is 1. The average molecular weight is 233 g/mol. The molecule has 0 saturated heterocycles. The number of hydrogen-bond acceptors (Lipinski definition) is 4. The third-order valence-electron chi connectivity index (χ3n) is 2.80. The summed E-state index contributed by atoms with van der Waals surface area (Å²) < 4.78 is 0. The van der Waals surface area contributed by atoms with Gasteiger partial charge in [0.05, 0.1) is 6.10 Å². The Balaban J connectivity index is 2.65. The fourth-order valence-electron chi connectivity index (χ4n) is 1.97. The van der Waals surface area contributed by atoms with E-state index in [9.17, 15) is 15.3 Å². The SMILES string of the molecule is NCCC(O)c1c(O)ccc2ccc(O)cc12. The summed E-state index contributed by atoms with van der Waals surface area (Å²) in [5, 5.41) is 30.7. The molecule has 4 nitrogen and oxygen atoms in total. The zero-order valence-corrected chi connectivity index (χ0v) is 9.30. The number of rotatable bonds is 3. The van der Waals surface area contributed by atoms with Gasteiger partial charge in [-0.1, -0.05) is 12.1 Å². The normalized spacial score (nSPS) is 12.8. The second kappa shape index (κ2) is 4.61. The van der Waals surface area contributed by atoms with Crippen LogP contribution in [0.5, 0.6) is 11.5 Å². The minimum Gasteiger partial charge on any atom is -0.508 e. The van der Waals surface area contributed by atoms with E-state index in [2.05, 4.69) is 0 Å². The molecule has 1 unspecified atom stereocenters. The fourth-order valence-corrected chi connectivity index (χ4v) is 1.97. The van der Waals surface area contributed by atoms with E-state index in [1.54, 1.807) is 18.2 Å². The number of phenols is 2. The molecule has 5 N–H and O–H groups in total. The Kier molecular flexibility index (Phi) is 3.17. The van der Waals surface area contributed by atoms with Crippen LogP contribution in [0.15, 0.2) is 30.3 Å². The van der Waals surface area contributed by atoms with Crippen molar-refractivity contribution in [1.29, 1.82) is 0 Å². The predicted molar refractivity (Wildman–Crippen MR) is 65.9 cm³/mol. The van der Waals surface area contributed by atoms with E-state index in [-0.39, 0.29) is 11.5 Å². The van der Waals surface area contributed by atoms with Gasteiger partial charge in [0.1, 0.15) is 11.5 Å². The van der Waals surface area contributed by atoms with Gasteiger partial charge in [0.25, 0.3) is 0 Å². The first-order valence-corrected chi connectivity index (χ1v) is 5.46. The number of fused-ring (bicyclic) bond motifs is 1. The van der Waals surface area contributed by atoms with Crippen LogP contribution < -0.4 is 5.73 Å². The molecule has 0 spiro atoms. The van der Waals surface area contributed by atoms with Crippen LogP contribution in [-0.2, 0) is 0 Å². The number of hydrogen-bond donors (Lipinski definition) is 4. The van der Waals surface area contributed by atoms with Crippen molar-refractivity contribution >= 4 is 10.8 Å². The van der Waals surface area contributed by atoms with Crippen molar-refractivity contribution in [2.75, 3.05) is 6.54 Å². The molecule has 0 aliphatic rings. The smallest absolute Gasteiger partial charge is 0.122 e. The highest BCUT2D eigenvalue weighted by atomic mass is 16.3. The summed E-state index contributed by atoms with van der Waals surface area (Å²) in [6.07, 6.45) is -0.465. The van der Waals surface area contributed by atoms with E-state index in [0.29, 0.717) is 23.9 Å². The molecule has 0 aromatic heterocycles. The summed E-state index contributed by atoms with van der Waals surface area (Å²) >= 11 is 0. The van der Waals surface area contributed by atoms with Crippen LogP contribution in [0.25, 0.3) is 10.8 Å². The first kappa shape index (κ1) is 11.7. The van der Waals surface area contributed by atoms with Gasteiger partial charge in [-0.2, -0.15) is 0 Å². The molecule has 0 bridgehead atoms. The van der Waals surface area contributed by atoms with Crippen LogP contribution in [0.2, 0.25) is 0 Å². The average Bonchev–Trinajstić information content (AvgIpc) is 2.28. The van der Waals surface area contributed by atoms with Gasteiger partial charge in [-0.25, -0.2) is 0 Å². The van der Waals surface area contributed by atoms with Crippen LogP contribution in [0.4, 0.5) is 0 Å². The Morgan fingerprint density at radius 3 is 2.53 bits per heavy atom. The highest BCUT2D eigenvalue weighted by Crippen LogP contribution is 2.35. The third kappa shape index (κ3) is 2.18. The van der Waals surface area contributed by atoms with E-state index in [1.807, 2.05) is 0 Å². The number of benzene rings is 2. The Labute approximate surface area is 98.9 Å². The topological polar surface area (TPSA) is 86.7 Å².